The maximum Gasteiger partial charge on any atom is 0.230 e. The second-order valence-corrected chi connectivity index (χ2v) is 6.20. The van der Waals surface area contributed by atoms with Gasteiger partial charge in [-0.1, -0.05) is 6.07 Å². The minimum Gasteiger partial charge on any atom is -0.493 e. The summed E-state index contributed by atoms with van der Waals surface area (Å²) in [6.07, 6.45) is 2.30. The van der Waals surface area contributed by atoms with E-state index in [4.69, 9.17) is 9.47 Å². The second kappa shape index (κ2) is 7.01. The molecule has 1 aliphatic heterocycles. The number of carbonyl (C=O) groups is 1. The molecule has 1 fully saturated rings. The first-order chi connectivity index (χ1) is 10.5. The molecule has 1 unspecified atom stereocenters. The molecule has 5 heteroatoms. The number of carbonyl (C=O) groups excluding carboxylic acids is 1. The van der Waals surface area contributed by atoms with Crippen LogP contribution in [-0.2, 0) is 10.2 Å². The maximum atomic E-state index is 12.6. The number of hydrogen-bond acceptors (Lipinski definition) is 4. The molecule has 122 valence electrons. The topological polar surface area (TPSA) is 59.6 Å². The lowest BCUT2D eigenvalue weighted by Crippen LogP contribution is -2.45. The quantitative estimate of drug-likeness (QED) is 0.842. The van der Waals surface area contributed by atoms with Crippen molar-refractivity contribution in [3.8, 4) is 11.5 Å². The van der Waals surface area contributed by atoms with Crippen LogP contribution in [0.2, 0.25) is 0 Å². The molecule has 1 aromatic rings. The molecule has 2 rings (SSSR count). The second-order valence-electron chi connectivity index (χ2n) is 6.20. The van der Waals surface area contributed by atoms with Crippen LogP contribution in [0.4, 0.5) is 0 Å². The van der Waals surface area contributed by atoms with Gasteiger partial charge in [0.2, 0.25) is 5.91 Å². The predicted molar refractivity (Wildman–Crippen MR) is 86.6 cm³/mol. The molecule has 1 saturated heterocycles. The number of benzene rings is 1. The van der Waals surface area contributed by atoms with Crippen molar-refractivity contribution in [3.05, 3.63) is 23.8 Å². The minimum atomic E-state index is -0.627. The SMILES string of the molecule is COc1ccc(C(C)(C)C(=O)NCC2CCCN2)cc1OC. The Morgan fingerprint density at radius 3 is 2.64 bits per heavy atom. The third-order valence-corrected chi connectivity index (χ3v) is 4.34. The Morgan fingerprint density at radius 1 is 1.32 bits per heavy atom. The molecule has 0 bridgehead atoms. The smallest absolute Gasteiger partial charge is 0.230 e. The van der Waals surface area contributed by atoms with Gasteiger partial charge >= 0.3 is 0 Å². The van der Waals surface area contributed by atoms with Crippen LogP contribution >= 0.6 is 0 Å². The summed E-state index contributed by atoms with van der Waals surface area (Å²) in [5.41, 5.74) is 0.278. The fourth-order valence-electron chi connectivity index (χ4n) is 2.72. The van der Waals surface area contributed by atoms with E-state index in [2.05, 4.69) is 10.6 Å². The third-order valence-electron chi connectivity index (χ3n) is 4.34. The van der Waals surface area contributed by atoms with E-state index in [1.807, 2.05) is 32.0 Å². The van der Waals surface area contributed by atoms with Crippen molar-refractivity contribution in [1.29, 1.82) is 0 Å². The van der Waals surface area contributed by atoms with Crippen molar-refractivity contribution in [2.24, 2.45) is 0 Å². The Hall–Kier alpha value is -1.75. The minimum absolute atomic E-state index is 0.0217. The highest BCUT2D eigenvalue weighted by Crippen LogP contribution is 2.33. The Bertz CT molecular complexity index is 523. The van der Waals surface area contributed by atoms with E-state index < -0.39 is 5.41 Å². The van der Waals surface area contributed by atoms with Gasteiger partial charge in [0, 0.05) is 12.6 Å². The van der Waals surface area contributed by atoms with Gasteiger partial charge in [-0.3, -0.25) is 4.79 Å². The molecule has 1 aliphatic rings. The predicted octanol–water partition coefficient (Wildman–Crippen LogP) is 1.85. The van der Waals surface area contributed by atoms with Crippen LogP contribution in [0.1, 0.15) is 32.3 Å². The van der Waals surface area contributed by atoms with Gasteiger partial charge < -0.3 is 20.1 Å². The summed E-state index contributed by atoms with van der Waals surface area (Å²) >= 11 is 0. The van der Waals surface area contributed by atoms with Crippen LogP contribution in [0, 0.1) is 0 Å². The van der Waals surface area contributed by atoms with E-state index in [-0.39, 0.29) is 5.91 Å². The number of ether oxygens (including phenoxy) is 2. The molecule has 0 saturated carbocycles. The van der Waals surface area contributed by atoms with Gasteiger partial charge in [-0.2, -0.15) is 0 Å². The van der Waals surface area contributed by atoms with E-state index in [1.165, 1.54) is 6.42 Å². The van der Waals surface area contributed by atoms with Crippen molar-refractivity contribution in [3.63, 3.8) is 0 Å². The summed E-state index contributed by atoms with van der Waals surface area (Å²) in [5.74, 6) is 1.32. The monoisotopic (exact) mass is 306 g/mol. The zero-order valence-electron chi connectivity index (χ0n) is 13.9. The van der Waals surface area contributed by atoms with E-state index in [9.17, 15) is 4.79 Å². The van der Waals surface area contributed by atoms with Gasteiger partial charge in [-0.15, -0.1) is 0 Å². The van der Waals surface area contributed by atoms with Gasteiger partial charge in [-0.25, -0.2) is 0 Å². The number of methoxy groups -OCH3 is 2. The molecule has 0 radical (unpaired) electrons. The van der Waals surface area contributed by atoms with Crippen LogP contribution in [0.5, 0.6) is 11.5 Å². The molecule has 0 spiro atoms. The number of amides is 1. The molecular weight excluding hydrogens is 280 g/mol. The Labute approximate surface area is 132 Å². The summed E-state index contributed by atoms with van der Waals surface area (Å²) in [7, 11) is 3.20. The molecular formula is C17H26N2O3. The molecule has 22 heavy (non-hydrogen) atoms. The molecule has 2 N–H and O–H groups in total. The average Bonchev–Trinajstić information content (AvgIpc) is 3.05. The molecule has 1 atom stereocenters. The first-order valence-corrected chi connectivity index (χ1v) is 7.73. The highest BCUT2D eigenvalue weighted by atomic mass is 16.5. The van der Waals surface area contributed by atoms with E-state index in [0.29, 0.717) is 24.1 Å². The van der Waals surface area contributed by atoms with Crippen LogP contribution in [0.3, 0.4) is 0 Å². The molecule has 0 aliphatic carbocycles. The van der Waals surface area contributed by atoms with Crippen molar-refractivity contribution in [2.75, 3.05) is 27.3 Å². The zero-order chi connectivity index (χ0) is 16.2. The summed E-state index contributed by atoms with van der Waals surface area (Å²) in [6.45, 7) is 5.56. The van der Waals surface area contributed by atoms with Crippen molar-refractivity contribution in [2.45, 2.75) is 38.1 Å². The summed E-state index contributed by atoms with van der Waals surface area (Å²) in [5, 5.41) is 6.44. The highest BCUT2D eigenvalue weighted by Gasteiger charge is 2.31. The molecule has 1 heterocycles. The fraction of sp³-hybridized carbons (Fsp3) is 0.588. The van der Waals surface area contributed by atoms with E-state index >= 15 is 0 Å². The Morgan fingerprint density at radius 2 is 2.05 bits per heavy atom. The third kappa shape index (κ3) is 3.53. The standard InChI is InChI=1S/C17H26N2O3/c1-17(2,16(20)19-11-13-6-5-9-18-13)12-7-8-14(21-3)15(10-12)22-4/h7-8,10,13,18H,5-6,9,11H2,1-4H3,(H,19,20). The number of nitrogens with one attached hydrogen (secondary N) is 2. The van der Waals surface area contributed by atoms with Gasteiger partial charge in [0.1, 0.15) is 0 Å². The Kier molecular flexibility index (Phi) is 5.29. The largest absolute Gasteiger partial charge is 0.493 e. The van der Waals surface area contributed by atoms with Gasteiger partial charge in [0.05, 0.1) is 19.6 Å². The van der Waals surface area contributed by atoms with Crippen LogP contribution < -0.4 is 20.1 Å². The van der Waals surface area contributed by atoms with E-state index in [1.54, 1.807) is 14.2 Å². The molecule has 0 aromatic heterocycles. The van der Waals surface area contributed by atoms with E-state index in [0.717, 1.165) is 18.5 Å². The lowest BCUT2D eigenvalue weighted by Gasteiger charge is -2.26. The first kappa shape index (κ1) is 16.6. The summed E-state index contributed by atoms with van der Waals surface area (Å²) in [4.78, 5) is 12.6. The average molecular weight is 306 g/mol. The lowest BCUT2D eigenvalue weighted by atomic mass is 9.83. The normalized spacial score (nSPS) is 18.1. The molecule has 1 aromatic carbocycles. The highest BCUT2D eigenvalue weighted by molar-refractivity contribution is 5.87. The fourth-order valence-corrected chi connectivity index (χ4v) is 2.72. The lowest BCUT2D eigenvalue weighted by molar-refractivity contribution is -0.125. The molecule has 1 amide bonds. The first-order valence-electron chi connectivity index (χ1n) is 7.73. The van der Waals surface area contributed by atoms with Crippen LogP contribution in [-0.4, -0.2) is 39.3 Å². The number of hydrogen-bond donors (Lipinski definition) is 2. The van der Waals surface area contributed by atoms with Crippen molar-refractivity contribution < 1.29 is 14.3 Å². The molecule has 5 nitrogen and oxygen atoms in total. The van der Waals surface area contributed by atoms with Gasteiger partial charge in [0.15, 0.2) is 11.5 Å². The zero-order valence-corrected chi connectivity index (χ0v) is 13.9. The Balaban J connectivity index is 2.08. The summed E-state index contributed by atoms with van der Waals surface area (Å²) in [6, 6.07) is 6.01. The maximum absolute atomic E-state index is 12.6. The van der Waals surface area contributed by atoms with Crippen LogP contribution in [0.15, 0.2) is 18.2 Å². The van der Waals surface area contributed by atoms with Crippen LogP contribution in [0.25, 0.3) is 0 Å². The summed E-state index contributed by atoms with van der Waals surface area (Å²) < 4.78 is 10.6. The van der Waals surface area contributed by atoms with Crippen molar-refractivity contribution in [1.82, 2.24) is 10.6 Å². The van der Waals surface area contributed by atoms with Gasteiger partial charge in [0.25, 0.3) is 0 Å². The van der Waals surface area contributed by atoms with Gasteiger partial charge in [-0.05, 0) is 50.9 Å². The number of rotatable bonds is 6. The van der Waals surface area contributed by atoms with Crippen molar-refractivity contribution >= 4 is 5.91 Å².